The van der Waals surface area contributed by atoms with Gasteiger partial charge in [-0.25, -0.2) is 4.98 Å². The Morgan fingerprint density at radius 2 is 2.00 bits per heavy atom. The molecule has 0 spiro atoms. The number of hydrogen-bond donors (Lipinski definition) is 2. The summed E-state index contributed by atoms with van der Waals surface area (Å²) in [6, 6.07) is 0. The molecule has 0 atom stereocenters. The van der Waals surface area contributed by atoms with Crippen molar-refractivity contribution in [2.45, 2.75) is 13.8 Å². The van der Waals surface area contributed by atoms with E-state index < -0.39 is 7.12 Å². The number of aryl methyl sites for hydroxylation is 2. The molecule has 0 fully saturated rings. The van der Waals surface area contributed by atoms with Gasteiger partial charge in [-0.3, -0.25) is 0 Å². The summed E-state index contributed by atoms with van der Waals surface area (Å²) in [5, 5.41) is 17.1. The maximum atomic E-state index is 8.56. The molecule has 1 heterocycles. The molecule has 1 aromatic rings. The number of nitrogens with zero attached hydrogens (tertiary/aromatic N) is 1. The molecule has 0 aliphatic rings. The zero-order chi connectivity index (χ0) is 7.72. The second-order valence-corrected chi connectivity index (χ2v) is 2.07. The average Bonchev–Trinajstić information content (AvgIpc) is 2.13. The van der Waals surface area contributed by atoms with Crippen molar-refractivity contribution >= 4 is 12.9 Å². The van der Waals surface area contributed by atoms with Crippen molar-refractivity contribution in [1.82, 2.24) is 4.98 Å². The molecule has 0 unspecified atom stereocenters. The van der Waals surface area contributed by atoms with E-state index in [-0.39, 0.29) is 5.79 Å². The number of hydrogen-bond acceptors (Lipinski definition) is 4. The van der Waals surface area contributed by atoms with E-state index in [1.54, 1.807) is 13.8 Å². The van der Waals surface area contributed by atoms with Crippen LogP contribution in [0, 0.1) is 13.8 Å². The Hall–Kier alpha value is -0.805. The first-order valence-corrected chi connectivity index (χ1v) is 2.91. The molecule has 0 bridgehead atoms. The maximum absolute atomic E-state index is 8.56. The highest BCUT2D eigenvalue weighted by atomic mass is 16.4. The van der Waals surface area contributed by atoms with Crippen LogP contribution in [0.2, 0.25) is 0 Å². The Bertz CT molecular complexity index is 213. The van der Waals surface area contributed by atoms with E-state index in [0.29, 0.717) is 11.5 Å². The fourth-order valence-electron chi connectivity index (χ4n) is 0.608. The zero-order valence-corrected chi connectivity index (χ0v) is 5.83. The monoisotopic (exact) mass is 141 g/mol. The minimum Gasteiger partial charge on any atom is -0.449 e. The fraction of sp³-hybridized carbons (Fsp3) is 0.400. The van der Waals surface area contributed by atoms with Crippen LogP contribution in [-0.2, 0) is 0 Å². The normalized spacial score (nSPS) is 10.0. The van der Waals surface area contributed by atoms with Gasteiger partial charge in [0, 0.05) is 0 Å². The Balaban J connectivity index is 2.98. The lowest BCUT2D eigenvalue weighted by Crippen LogP contribution is -2.30. The van der Waals surface area contributed by atoms with E-state index in [1.807, 2.05) is 0 Å². The molecule has 10 heavy (non-hydrogen) atoms. The van der Waals surface area contributed by atoms with Crippen molar-refractivity contribution in [2.75, 3.05) is 0 Å². The van der Waals surface area contributed by atoms with Crippen molar-refractivity contribution in [3.05, 3.63) is 11.5 Å². The lowest BCUT2D eigenvalue weighted by Gasteiger charge is -1.86. The smallest absolute Gasteiger partial charge is 0.449 e. The Morgan fingerprint density at radius 1 is 1.40 bits per heavy atom. The third kappa shape index (κ3) is 1.20. The maximum Gasteiger partial charge on any atom is 0.548 e. The Labute approximate surface area is 58.7 Å². The summed E-state index contributed by atoms with van der Waals surface area (Å²) in [5.41, 5.74) is 0.683. The highest BCUT2D eigenvalue weighted by molar-refractivity contribution is 6.55. The summed E-state index contributed by atoms with van der Waals surface area (Å²) in [7, 11) is -1.60. The van der Waals surface area contributed by atoms with E-state index >= 15 is 0 Å². The van der Waals surface area contributed by atoms with Crippen molar-refractivity contribution in [1.29, 1.82) is 0 Å². The topological polar surface area (TPSA) is 66.5 Å². The van der Waals surface area contributed by atoms with Gasteiger partial charge in [-0.15, -0.1) is 0 Å². The molecule has 0 radical (unpaired) electrons. The Morgan fingerprint density at radius 3 is 2.20 bits per heavy atom. The third-order valence-corrected chi connectivity index (χ3v) is 1.27. The Kier molecular flexibility index (Phi) is 1.78. The third-order valence-electron chi connectivity index (χ3n) is 1.27. The van der Waals surface area contributed by atoms with E-state index in [2.05, 4.69) is 4.98 Å². The second kappa shape index (κ2) is 2.44. The highest BCUT2D eigenvalue weighted by Gasteiger charge is 2.18. The standard InChI is InChI=1S/C5H8BNO3/c1-3-4(2)10-5(7-3)6(8)9/h8-9H,1-2H3. The van der Waals surface area contributed by atoms with E-state index in [0.717, 1.165) is 0 Å². The average molecular weight is 141 g/mol. The predicted molar refractivity (Wildman–Crippen MR) is 35.8 cm³/mol. The second-order valence-electron chi connectivity index (χ2n) is 2.07. The highest BCUT2D eigenvalue weighted by Crippen LogP contribution is 1.99. The molecule has 2 N–H and O–H groups in total. The molecular formula is C5H8BNO3. The van der Waals surface area contributed by atoms with Gasteiger partial charge in [0.1, 0.15) is 5.76 Å². The first kappa shape index (κ1) is 7.30. The van der Waals surface area contributed by atoms with Gasteiger partial charge in [0.15, 0.2) is 0 Å². The van der Waals surface area contributed by atoms with Gasteiger partial charge < -0.3 is 14.5 Å². The van der Waals surface area contributed by atoms with Crippen LogP contribution in [0.3, 0.4) is 0 Å². The molecule has 5 heteroatoms. The van der Waals surface area contributed by atoms with Gasteiger partial charge >= 0.3 is 7.12 Å². The van der Waals surface area contributed by atoms with Crippen molar-refractivity contribution in [2.24, 2.45) is 0 Å². The van der Waals surface area contributed by atoms with Gasteiger partial charge in [0.2, 0.25) is 5.79 Å². The van der Waals surface area contributed by atoms with Crippen LogP contribution in [0.25, 0.3) is 0 Å². The summed E-state index contributed by atoms with van der Waals surface area (Å²) in [5.74, 6) is 0.568. The van der Waals surface area contributed by atoms with Gasteiger partial charge in [-0.05, 0) is 13.8 Å². The number of rotatable bonds is 1. The molecule has 4 nitrogen and oxygen atoms in total. The van der Waals surface area contributed by atoms with Crippen LogP contribution < -0.4 is 5.79 Å². The largest absolute Gasteiger partial charge is 0.548 e. The summed E-state index contributed by atoms with van der Waals surface area (Å²) in [6.07, 6.45) is 0. The van der Waals surface area contributed by atoms with Crippen LogP contribution >= 0.6 is 0 Å². The number of oxazole rings is 1. The SMILES string of the molecule is Cc1nc(B(O)O)oc1C. The molecule has 54 valence electrons. The van der Waals surface area contributed by atoms with Crippen LogP contribution in [-0.4, -0.2) is 22.2 Å². The zero-order valence-electron chi connectivity index (χ0n) is 5.83. The number of aromatic nitrogens is 1. The lowest BCUT2D eigenvalue weighted by molar-refractivity contribution is 0.404. The molecule has 1 aromatic heterocycles. The molecular weight excluding hydrogens is 133 g/mol. The van der Waals surface area contributed by atoms with Gasteiger partial charge in [0.25, 0.3) is 0 Å². The molecule has 0 aliphatic heterocycles. The fourth-order valence-corrected chi connectivity index (χ4v) is 0.608. The van der Waals surface area contributed by atoms with E-state index in [4.69, 9.17) is 14.5 Å². The summed E-state index contributed by atoms with van der Waals surface area (Å²) in [6.45, 7) is 3.46. The minimum atomic E-state index is -1.60. The molecule has 0 saturated heterocycles. The van der Waals surface area contributed by atoms with Crippen molar-refractivity contribution < 1.29 is 14.5 Å². The van der Waals surface area contributed by atoms with Crippen LogP contribution in [0.4, 0.5) is 0 Å². The van der Waals surface area contributed by atoms with Gasteiger partial charge in [-0.1, -0.05) is 0 Å². The minimum absolute atomic E-state index is 0.0463. The predicted octanol–water partition coefficient (Wildman–Crippen LogP) is -1.03. The summed E-state index contributed by atoms with van der Waals surface area (Å²) >= 11 is 0. The van der Waals surface area contributed by atoms with E-state index in [1.165, 1.54) is 0 Å². The summed E-state index contributed by atoms with van der Waals surface area (Å²) < 4.78 is 4.86. The molecule has 0 amide bonds. The van der Waals surface area contributed by atoms with Crippen LogP contribution in [0.15, 0.2) is 4.42 Å². The molecule has 0 aromatic carbocycles. The van der Waals surface area contributed by atoms with Gasteiger partial charge in [-0.2, -0.15) is 0 Å². The van der Waals surface area contributed by atoms with Crippen molar-refractivity contribution in [3.8, 4) is 0 Å². The van der Waals surface area contributed by atoms with Crippen molar-refractivity contribution in [3.63, 3.8) is 0 Å². The van der Waals surface area contributed by atoms with Crippen LogP contribution in [0.5, 0.6) is 0 Å². The molecule has 0 saturated carbocycles. The molecule has 0 aliphatic carbocycles. The first-order chi connectivity index (χ1) is 4.61. The van der Waals surface area contributed by atoms with Crippen LogP contribution in [0.1, 0.15) is 11.5 Å². The quantitative estimate of drug-likeness (QED) is 0.490. The summed E-state index contributed by atoms with van der Waals surface area (Å²) in [4.78, 5) is 3.74. The van der Waals surface area contributed by atoms with Gasteiger partial charge in [0.05, 0.1) is 5.69 Å². The lowest BCUT2D eigenvalue weighted by atomic mass is 9.93. The first-order valence-electron chi connectivity index (χ1n) is 2.91. The van der Waals surface area contributed by atoms with E-state index in [9.17, 15) is 0 Å². The molecule has 1 rings (SSSR count).